The summed E-state index contributed by atoms with van der Waals surface area (Å²) >= 11 is 0. The molecule has 3 unspecified atom stereocenters. The number of hydrogen-bond donors (Lipinski definition) is 1. The monoisotopic (exact) mass is 967 g/mol. The van der Waals surface area contributed by atoms with Gasteiger partial charge in [-0.2, -0.15) is 0 Å². The number of esters is 1. The average molecular weight is 967 g/mol. The molecule has 10 heteroatoms. The second kappa shape index (κ2) is 48.1. The fourth-order valence-electron chi connectivity index (χ4n) is 8.40. The number of allylic oxidation sites excluding steroid dienone is 3. The molecule has 0 aromatic heterocycles. The fourth-order valence-corrected chi connectivity index (χ4v) is 9.12. The molecule has 1 amide bonds. The van der Waals surface area contributed by atoms with Gasteiger partial charge in [0.25, 0.3) is 7.82 Å². The lowest BCUT2D eigenvalue weighted by Crippen LogP contribution is -2.47. The second-order valence-corrected chi connectivity index (χ2v) is 22.2. The van der Waals surface area contributed by atoms with Gasteiger partial charge in [0.05, 0.1) is 33.8 Å². The first-order valence-corrected chi connectivity index (χ1v) is 30.1. The van der Waals surface area contributed by atoms with Crippen molar-refractivity contribution >= 4 is 19.7 Å². The number of phosphoric ester groups is 1. The molecule has 0 saturated carbocycles. The number of ether oxygens (including phenoxy) is 1. The average Bonchev–Trinajstić information content (AvgIpc) is 3.28. The molecule has 0 aliphatic carbocycles. The third-order valence-electron chi connectivity index (χ3n) is 12.9. The van der Waals surface area contributed by atoms with Crippen LogP contribution in [0.1, 0.15) is 278 Å². The summed E-state index contributed by atoms with van der Waals surface area (Å²) in [4.78, 5) is 39.8. The van der Waals surface area contributed by atoms with E-state index in [9.17, 15) is 19.0 Å². The Hall–Kier alpha value is -1.51. The minimum atomic E-state index is -4.69. The number of carbonyl (C=O) groups is 2. The van der Waals surface area contributed by atoms with E-state index in [4.69, 9.17) is 13.8 Å². The van der Waals surface area contributed by atoms with Crippen LogP contribution in [0.5, 0.6) is 0 Å². The standard InChI is InChI=1S/C57H111N2O7P/c1-7-10-13-16-19-22-25-28-29-32-35-38-41-44-47-50-57(61)66-55(48-45-42-39-36-33-30-26-23-20-17-14-11-8-2)54(53-65-67(62,63)64-52-51-59(4,5)6)58-56(60)49-46-43-40-37-34-31-27-24-21-18-15-12-9-3/h22,25,45,48,54-55H,7-21,23-24,26-44,46-47,49-53H2,1-6H3,(H-,58,60,62,63)/b25-22-,48-45+. The number of carbonyl (C=O) groups excluding carboxylic acids is 2. The second-order valence-electron chi connectivity index (χ2n) is 20.8. The zero-order chi connectivity index (χ0) is 49.4. The largest absolute Gasteiger partial charge is 0.756 e. The molecule has 0 spiro atoms. The summed E-state index contributed by atoms with van der Waals surface area (Å²) in [5, 5.41) is 3.02. The molecule has 0 radical (unpaired) electrons. The lowest BCUT2D eigenvalue weighted by molar-refractivity contribution is -0.870. The van der Waals surface area contributed by atoms with Crippen molar-refractivity contribution < 1.29 is 37.3 Å². The summed E-state index contributed by atoms with van der Waals surface area (Å²) in [5.41, 5.74) is 0. The Morgan fingerprint density at radius 3 is 1.28 bits per heavy atom. The van der Waals surface area contributed by atoms with E-state index in [1.165, 1.54) is 173 Å². The molecule has 0 rings (SSSR count). The molecule has 1 N–H and O–H groups in total. The first kappa shape index (κ1) is 65.5. The quantitative estimate of drug-likeness (QED) is 0.0212. The van der Waals surface area contributed by atoms with E-state index < -0.39 is 20.0 Å². The Kier molecular flexibility index (Phi) is 47.0. The van der Waals surface area contributed by atoms with E-state index in [2.05, 4.69) is 38.2 Å². The molecule has 0 heterocycles. The smallest absolute Gasteiger partial charge is 0.306 e. The molecule has 9 nitrogen and oxygen atoms in total. The molecule has 0 aromatic carbocycles. The predicted molar refractivity (Wildman–Crippen MR) is 284 cm³/mol. The minimum absolute atomic E-state index is 0.0196. The normalized spacial score (nSPS) is 14.0. The maximum atomic E-state index is 13.5. The minimum Gasteiger partial charge on any atom is -0.756 e. The first-order valence-electron chi connectivity index (χ1n) is 28.6. The highest BCUT2D eigenvalue weighted by Crippen LogP contribution is 2.38. The number of phosphoric acid groups is 1. The zero-order valence-corrected chi connectivity index (χ0v) is 46.0. The summed E-state index contributed by atoms with van der Waals surface area (Å²) in [6.45, 7) is 6.85. The molecule has 0 fully saturated rings. The predicted octanol–water partition coefficient (Wildman–Crippen LogP) is 16.4. The Morgan fingerprint density at radius 1 is 0.507 bits per heavy atom. The Morgan fingerprint density at radius 2 is 0.866 bits per heavy atom. The van der Waals surface area contributed by atoms with Gasteiger partial charge in [-0.3, -0.25) is 14.2 Å². The SMILES string of the molecule is CCCCCC/C=C\CCCCCCCCCC(=O)OC(/C=C/CCCCCCCCCCCCC)C(COP(=O)([O-])OCC[N+](C)(C)C)NC(=O)CCCCCCCCCCCCCCC. The van der Waals surface area contributed by atoms with Crippen LogP contribution in [-0.2, 0) is 27.9 Å². The molecule has 3 atom stereocenters. The first-order chi connectivity index (χ1) is 32.4. The molecule has 0 aliphatic rings. The number of rotatable bonds is 52. The van der Waals surface area contributed by atoms with Crippen molar-refractivity contribution in [3.63, 3.8) is 0 Å². The van der Waals surface area contributed by atoms with Crippen LogP contribution in [0.2, 0.25) is 0 Å². The lowest BCUT2D eigenvalue weighted by atomic mass is 10.0. The maximum Gasteiger partial charge on any atom is 0.306 e. The Balaban J connectivity index is 5.36. The van der Waals surface area contributed by atoms with Gasteiger partial charge >= 0.3 is 5.97 Å². The van der Waals surface area contributed by atoms with Crippen molar-refractivity contribution in [2.45, 2.75) is 290 Å². The van der Waals surface area contributed by atoms with Gasteiger partial charge in [-0.15, -0.1) is 0 Å². The van der Waals surface area contributed by atoms with Crippen molar-refractivity contribution in [3.05, 3.63) is 24.3 Å². The van der Waals surface area contributed by atoms with Crippen molar-refractivity contribution in [2.24, 2.45) is 0 Å². The summed E-state index contributed by atoms with van der Waals surface area (Å²) in [5.74, 6) is -0.535. The number of likely N-dealkylation sites (N-methyl/N-ethyl adjacent to an activating group) is 1. The number of quaternary nitrogens is 1. The van der Waals surface area contributed by atoms with Gasteiger partial charge in [-0.05, 0) is 57.4 Å². The molecule has 396 valence electrons. The van der Waals surface area contributed by atoms with Crippen LogP contribution in [0.4, 0.5) is 0 Å². The van der Waals surface area contributed by atoms with Crippen molar-refractivity contribution in [3.8, 4) is 0 Å². The van der Waals surface area contributed by atoms with Crippen LogP contribution >= 0.6 is 7.82 Å². The van der Waals surface area contributed by atoms with E-state index in [0.29, 0.717) is 17.4 Å². The zero-order valence-electron chi connectivity index (χ0n) is 45.1. The highest BCUT2D eigenvalue weighted by atomic mass is 31.2. The van der Waals surface area contributed by atoms with Gasteiger partial charge in [-0.1, -0.05) is 232 Å². The highest BCUT2D eigenvalue weighted by Gasteiger charge is 2.27. The molecule has 0 saturated heterocycles. The van der Waals surface area contributed by atoms with E-state index in [0.717, 1.165) is 70.6 Å². The van der Waals surface area contributed by atoms with Crippen LogP contribution in [0.15, 0.2) is 24.3 Å². The number of unbranched alkanes of at least 4 members (excludes halogenated alkanes) is 34. The summed E-state index contributed by atoms with van der Waals surface area (Å²) in [7, 11) is 1.19. The van der Waals surface area contributed by atoms with Crippen LogP contribution < -0.4 is 10.2 Å². The summed E-state index contributed by atoms with van der Waals surface area (Å²) in [6.07, 6.45) is 54.1. The number of nitrogens with zero attached hydrogens (tertiary/aromatic N) is 1. The third-order valence-corrected chi connectivity index (χ3v) is 13.8. The topological polar surface area (TPSA) is 114 Å². The molecular formula is C57H111N2O7P. The van der Waals surface area contributed by atoms with E-state index in [1.54, 1.807) is 0 Å². The van der Waals surface area contributed by atoms with Gasteiger partial charge in [0, 0.05) is 12.8 Å². The van der Waals surface area contributed by atoms with Gasteiger partial charge in [0.15, 0.2) is 0 Å². The van der Waals surface area contributed by atoms with Gasteiger partial charge in [0.1, 0.15) is 19.3 Å². The van der Waals surface area contributed by atoms with Crippen molar-refractivity contribution in [1.29, 1.82) is 0 Å². The summed E-state index contributed by atoms with van der Waals surface area (Å²) < 4.78 is 30.2. The highest BCUT2D eigenvalue weighted by molar-refractivity contribution is 7.45. The van der Waals surface area contributed by atoms with Crippen LogP contribution in [-0.4, -0.2) is 69.4 Å². The van der Waals surface area contributed by atoms with Gasteiger partial charge in [-0.25, -0.2) is 0 Å². The van der Waals surface area contributed by atoms with Crippen LogP contribution in [0.25, 0.3) is 0 Å². The number of amides is 1. The lowest BCUT2D eigenvalue weighted by Gasteiger charge is -2.30. The van der Waals surface area contributed by atoms with E-state index >= 15 is 0 Å². The Bertz CT molecular complexity index is 1210. The number of nitrogens with one attached hydrogen (secondary N) is 1. The fraction of sp³-hybridized carbons (Fsp3) is 0.895. The number of hydrogen-bond acceptors (Lipinski definition) is 7. The Labute approximate surface area is 415 Å². The molecule has 0 aromatic rings. The molecular weight excluding hydrogens is 856 g/mol. The van der Waals surface area contributed by atoms with Crippen molar-refractivity contribution in [2.75, 3.05) is 40.9 Å². The van der Waals surface area contributed by atoms with Crippen molar-refractivity contribution in [1.82, 2.24) is 5.32 Å². The van der Waals surface area contributed by atoms with E-state index in [-0.39, 0.29) is 31.5 Å². The van der Waals surface area contributed by atoms with E-state index in [1.807, 2.05) is 33.3 Å². The molecule has 67 heavy (non-hydrogen) atoms. The summed E-state index contributed by atoms with van der Waals surface area (Å²) in [6, 6.07) is -0.882. The van der Waals surface area contributed by atoms with Gasteiger partial charge in [0.2, 0.25) is 5.91 Å². The van der Waals surface area contributed by atoms with Crippen LogP contribution in [0, 0.1) is 0 Å². The van der Waals surface area contributed by atoms with Gasteiger partial charge < -0.3 is 28.5 Å². The van der Waals surface area contributed by atoms with Crippen LogP contribution in [0.3, 0.4) is 0 Å². The third kappa shape index (κ3) is 49.3. The maximum absolute atomic E-state index is 13.5. The molecule has 0 aliphatic heterocycles. The molecule has 0 bridgehead atoms.